The standard InChI is InChI=1S/C27H33ClN6O4/c1-17-24(37-12-10-33(17)26(35)38-27(2,3)4)18-13-20(32-22(28)14-18)19-15-21(31-16-30-19)25-29-8-9-34(25)23-7-5-6-11-36-23/h8-9,13-17,23-24H,5-7,10-12H2,1-4H3/t17-,23?,24+/m0/s1. The van der Waals surface area contributed by atoms with Gasteiger partial charge in [0, 0.05) is 25.5 Å². The fraction of sp³-hybridized carbons (Fsp3) is 0.519. The second-order valence-corrected chi connectivity index (χ2v) is 11.0. The van der Waals surface area contributed by atoms with Crippen LogP contribution in [0.25, 0.3) is 22.9 Å². The van der Waals surface area contributed by atoms with Crippen molar-refractivity contribution < 1.29 is 19.0 Å². The smallest absolute Gasteiger partial charge is 0.410 e. The molecule has 5 heterocycles. The van der Waals surface area contributed by atoms with Gasteiger partial charge in [-0.1, -0.05) is 11.6 Å². The average molecular weight is 541 g/mol. The predicted octanol–water partition coefficient (Wildman–Crippen LogP) is 5.45. The number of carbonyl (C=O) groups is 1. The third-order valence-electron chi connectivity index (χ3n) is 6.63. The number of aromatic nitrogens is 5. The van der Waals surface area contributed by atoms with Gasteiger partial charge in [-0.15, -0.1) is 0 Å². The molecular formula is C27H33ClN6O4. The molecule has 10 nitrogen and oxygen atoms in total. The number of amides is 1. The molecule has 1 amide bonds. The van der Waals surface area contributed by atoms with Crippen LogP contribution in [0, 0.1) is 0 Å². The lowest BCUT2D eigenvalue weighted by molar-refractivity contribution is -0.0723. The third-order valence-corrected chi connectivity index (χ3v) is 6.82. The molecule has 5 rings (SSSR count). The Labute approximate surface area is 227 Å². The second kappa shape index (κ2) is 11.0. The largest absolute Gasteiger partial charge is 0.444 e. The van der Waals surface area contributed by atoms with Crippen LogP contribution in [0.15, 0.2) is 36.9 Å². The van der Waals surface area contributed by atoms with Gasteiger partial charge in [-0.2, -0.15) is 0 Å². The van der Waals surface area contributed by atoms with Gasteiger partial charge in [0.25, 0.3) is 0 Å². The van der Waals surface area contributed by atoms with Crippen molar-refractivity contribution >= 4 is 17.7 Å². The molecule has 3 aromatic heterocycles. The fourth-order valence-electron chi connectivity index (χ4n) is 4.86. The zero-order chi connectivity index (χ0) is 26.9. The summed E-state index contributed by atoms with van der Waals surface area (Å²) in [7, 11) is 0. The van der Waals surface area contributed by atoms with Crippen LogP contribution < -0.4 is 0 Å². The number of ether oxygens (including phenoxy) is 3. The van der Waals surface area contributed by atoms with E-state index in [1.165, 1.54) is 6.33 Å². The van der Waals surface area contributed by atoms with E-state index in [0.29, 0.717) is 41.2 Å². The fourth-order valence-corrected chi connectivity index (χ4v) is 5.07. The summed E-state index contributed by atoms with van der Waals surface area (Å²) in [6.07, 6.45) is 7.45. The van der Waals surface area contributed by atoms with Gasteiger partial charge in [0.15, 0.2) is 5.82 Å². The number of halogens is 1. The van der Waals surface area contributed by atoms with Gasteiger partial charge in [0.05, 0.1) is 24.0 Å². The molecule has 2 saturated heterocycles. The van der Waals surface area contributed by atoms with E-state index in [0.717, 1.165) is 31.4 Å². The molecule has 0 aromatic carbocycles. The quantitative estimate of drug-likeness (QED) is 0.402. The van der Waals surface area contributed by atoms with E-state index in [1.54, 1.807) is 17.2 Å². The lowest BCUT2D eigenvalue weighted by atomic mass is 10.0. The Kier molecular flexibility index (Phi) is 7.65. The van der Waals surface area contributed by atoms with E-state index in [1.807, 2.05) is 50.6 Å². The minimum Gasteiger partial charge on any atom is -0.444 e. The normalized spacial score (nSPS) is 22.3. The molecule has 3 aromatic rings. The molecule has 0 aliphatic carbocycles. The van der Waals surface area contributed by atoms with Crippen molar-refractivity contribution in [2.45, 2.75) is 70.9 Å². The summed E-state index contributed by atoms with van der Waals surface area (Å²) in [5, 5.41) is 0.306. The van der Waals surface area contributed by atoms with Crippen LogP contribution in [0.3, 0.4) is 0 Å². The average Bonchev–Trinajstić information content (AvgIpc) is 3.38. The molecule has 11 heteroatoms. The van der Waals surface area contributed by atoms with Gasteiger partial charge in [-0.3, -0.25) is 0 Å². The van der Waals surface area contributed by atoms with Crippen LogP contribution >= 0.6 is 11.6 Å². The molecule has 2 aliphatic heterocycles. The Hall–Kier alpha value is -3.08. The number of imidazole rings is 1. The van der Waals surface area contributed by atoms with Gasteiger partial charge >= 0.3 is 6.09 Å². The van der Waals surface area contributed by atoms with Crippen molar-refractivity contribution in [3.8, 4) is 22.9 Å². The van der Waals surface area contributed by atoms with Gasteiger partial charge in [0.2, 0.25) is 0 Å². The van der Waals surface area contributed by atoms with Crippen molar-refractivity contribution in [2.75, 3.05) is 19.8 Å². The number of morpholine rings is 1. The SMILES string of the molecule is C[C@H]1[C@H](c2cc(Cl)nc(-c3cc(-c4nccn4C4CCCCO4)ncn3)c2)OCCN1C(=O)OC(C)(C)C. The highest BCUT2D eigenvalue weighted by Gasteiger charge is 2.36. The van der Waals surface area contributed by atoms with Gasteiger partial charge in [-0.25, -0.2) is 24.7 Å². The molecule has 202 valence electrons. The van der Waals surface area contributed by atoms with Gasteiger partial charge in [-0.05, 0) is 70.7 Å². The highest BCUT2D eigenvalue weighted by molar-refractivity contribution is 6.29. The van der Waals surface area contributed by atoms with Crippen LogP contribution in [0.4, 0.5) is 4.79 Å². The van der Waals surface area contributed by atoms with E-state index < -0.39 is 11.7 Å². The summed E-state index contributed by atoms with van der Waals surface area (Å²) in [5.41, 5.74) is 2.06. The van der Waals surface area contributed by atoms with Crippen LogP contribution in [0.5, 0.6) is 0 Å². The molecule has 1 unspecified atom stereocenters. The Bertz CT molecular complexity index is 1290. The Morgan fingerprint density at radius 3 is 2.63 bits per heavy atom. The number of hydrogen-bond acceptors (Lipinski definition) is 8. The summed E-state index contributed by atoms with van der Waals surface area (Å²) in [6.45, 7) is 9.07. The zero-order valence-electron chi connectivity index (χ0n) is 22.1. The summed E-state index contributed by atoms with van der Waals surface area (Å²) in [4.78, 5) is 32.5. The first-order chi connectivity index (χ1) is 18.2. The minimum atomic E-state index is -0.583. The van der Waals surface area contributed by atoms with Crippen molar-refractivity contribution in [2.24, 2.45) is 0 Å². The first-order valence-corrected chi connectivity index (χ1v) is 13.3. The highest BCUT2D eigenvalue weighted by atomic mass is 35.5. The maximum absolute atomic E-state index is 12.8. The van der Waals surface area contributed by atoms with E-state index in [-0.39, 0.29) is 18.4 Å². The summed E-state index contributed by atoms with van der Waals surface area (Å²) in [5.74, 6) is 0.708. The minimum absolute atomic E-state index is 0.0616. The maximum atomic E-state index is 12.8. The van der Waals surface area contributed by atoms with Crippen LogP contribution in [-0.4, -0.2) is 66.9 Å². The molecule has 0 N–H and O–H groups in total. The van der Waals surface area contributed by atoms with E-state index >= 15 is 0 Å². The predicted molar refractivity (Wildman–Crippen MR) is 141 cm³/mol. The number of nitrogens with zero attached hydrogens (tertiary/aromatic N) is 6. The Morgan fingerprint density at radius 1 is 1.05 bits per heavy atom. The number of hydrogen-bond donors (Lipinski definition) is 0. The monoisotopic (exact) mass is 540 g/mol. The first-order valence-electron chi connectivity index (χ1n) is 13.0. The molecule has 2 fully saturated rings. The molecule has 3 atom stereocenters. The van der Waals surface area contributed by atoms with E-state index in [4.69, 9.17) is 25.8 Å². The summed E-state index contributed by atoms with van der Waals surface area (Å²) < 4.78 is 19.7. The van der Waals surface area contributed by atoms with Crippen molar-refractivity contribution in [1.82, 2.24) is 29.4 Å². The van der Waals surface area contributed by atoms with Gasteiger partial charge in [0.1, 0.15) is 35.1 Å². The van der Waals surface area contributed by atoms with Crippen LogP contribution in [0.1, 0.15) is 64.9 Å². The summed E-state index contributed by atoms with van der Waals surface area (Å²) in [6, 6.07) is 5.24. The molecule has 38 heavy (non-hydrogen) atoms. The van der Waals surface area contributed by atoms with Crippen LogP contribution in [-0.2, 0) is 14.2 Å². The second-order valence-electron chi connectivity index (χ2n) is 10.6. The van der Waals surface area contributed by atoms with Crippen molar-refractivity contribution in [3.63, 3.8) is 0 Å². The lowest BCUT2D eigenvalue weighted by Crippen LogP contribution is -2.50. The number of pyridine rings is 1. The van der Waals surface area contributed by atoms with Crippen molar-refractivity contribution in [1.29, 1.82) is 0 Å². The first kappa shape index (κ1) is 26.5. The lowest BCUT2D eigenvalue weighted by Gasteiger charge is -2.40. The van der Waals surface area contributed by atoms with Gasteiger partial charge < -0.3 is 23.7 Å². The molecule has 0 bridgehead atoms. The Balaban J connectivity index is 1.42. The van der Waals surface area contributed by atoms with Crippen molar-refractivity contribution in [3.05, 3.63) is 47.6 Å². The highest BCUT2D eigenvalue weighted by Crippen LogP contribution is 2.33. The molecular weight excluding hydrogens is 508 g/mol. The maximum Gasteiger partial charge on any atom is 0.410 e. The number of carbonyl (C=O) groups excluding carboxylic acids is 1. The molecule has 0 saturated carbocycles. The third kappa shape index (κ3) is 5.82. The Morgan fingerprint density at radius 2 is 1.87 bits per heavy atom. The van der Waals surface area contributed by atoms with E-state index in [2.05, 4.69) is 19.9 Å². The topological polar surface area (TPSA) is 104 Å². The van der Waals surface area contributed by atoms with Crippen LogP contribution in [0.2, 0.25) is 5.15 Å². The molecule has 0 radical (unpaired) electrons. The molecule has 0 spiro atoms. The van der Waals surface area contributed by atoms with E-state index in [9.17, 15) is 4.79 Å². The number of rotatable bonds is 4. The zero-order valence-corrected chi connectivity index (χ0v) is 22.9. The summed E-state index contributed by atoms with van der Waals surface area (Å²) >= 11 is 6.47. The molecule has 2 aliphatic rings.